The number of nitrogens with zero attached hydrogens (tertiary/aromatic N) is 1. The van der Waals surface area contributed by atoms with Crippen molar-refractivity contribution < 1.29 is 0 Å². The summed E-state index contributed by atoms with van der Waals surface area (Å²) in [6.07, 6.45) is 0. The van der Waals surface area contributed by atoms with Crippen LogP contribution in [0.25, 0.3) is 0 Å². The molecule has 0 spiro atoms. The monoisotopic (exact) mass is 150 g/mol. The molecule has 0 saturated carbocycles. The third kappa shape index (κ3) is 0.998. The second-order valence-electron chi connectivity index (χ2n) is 2.12. The molecule has 0 aromatic heterocycles. The molecule has 50 valence electrons. The average molecular weight is 150 g/mol. The summed E-state index contributed by atoms with van der Waals surface area (Å²) in [6, 6.07) is 7.87. The van der Waals surface area contributed by atoms with Gasteiger partial charge in [0.05, 0.1) is 0 Å². The molecular formula is C7H6N2S. The van der Waals surface area contributed by atoms with Gasteiger partial charge in [0.25, 0.3) is 0 Å². The molecule has 0 unspecified atom stereocenters. The zero-order valence-corrected chi connectivity index (χ0v) is 6.10. The number of hydrazone groups is 1. The van der Waals surface area contributed by atoms with Crippen LogP contribution in [0.2, 0.25) is 0 Å². The molecule has 1 N–H and O–H groups in total. The first kappa shape index (κ1) is 5.80. The van der Waals surface area contributed by atoms with Crippen LogP contribution < -0.4 is 5.43 Å². The number of hydrogen-bond acceptors (Lipinski definition) is 3. The van der Waals surface area contributed by atoms with E-state index in [0.29, 0.717) is 0 Å². The van der Waals surface area contributed by atoms with Gasteiger partial charge >= 0.3 is 0 Å². The van der Waals surface area contributed by atoms with Gasteiger partial charge in [0.2, 0.25) is 0 Å². The van der Waals surface area contributed by atoms with Gasteiger partial charge in [0, 0.05) is 10.5 Å². The summed E-state index contributed by atoms with van der Waals surface area (Å²) in [4.78, 5) is 0.967. The molecule has 2 rings (SSSR count). The van der Waals surface area contributed by atoms with E-state index in [4.69, 9.17) is 0 Å². The molecule has 1 aromatic rings. The molecule has 0 amide bonds. The fourth-order valence-electron chi connectivity index (χ4n) is 0.810. The highest BCUT2D eigenvalue weighted by Gasteiger charge is 2.10. The van der Waals surface area contributed by atoms with Gasteiger partial charge in [-0.1, -0.05) is 12.1 Å². The highest BCUT2D eigenvalue weighted by molar-refractivity contribution is 7.80. The number of nitrogens with one attached hydrogen (secondary N) is 1. The first-order valence-electron chi connectivity index (χ1n) is 2.99. The zero-order chi connectivity index (χ0) is 6.97. The van der Waals surface area contributed by atoms with Crippen LogP contribution in [0.15, 0.2) is 34.3 Å². The van der Waals surface area contributed by atoms with Crippen LogP contribution >= 0.6 is 12.6 Å². The van der Waals surface area contributed by atoms with Crippen LogP contribution in [0.4, 0.5) is 0 Å². The molecule has 1 aliphatic heterocycles. The summed E-state index contributed by atoms with van der Waals surface area (Å²) in [7, 11) is 0. The van der Waals surface area contributed by atoms with Crippen molar-refractivity contribution in [1.82, 2.24) is 5.43 Å². The molecule has 3 heteroatoms. The minimum atomic E-state index is 0.955. The Morgan fingerprint density at radius 3 is 2.80 bits per heavy atom. The quantitative estimate of drug-likeness (QED) is 0.580. The van der Waals surface area contributed by atoms with Crippen molar-refractivity contribution in [2.45, 2.75) is 4.90 Å². The maximum absolute atomic E-state index is 4.19. The topological polar surface area (TPSA) is 34.3 Å². The van der Waals surface area contributed by atoms with E-state index in [1.165, 1.54) is 0 Å². The van der Waals surface area contributed by atoms with Crippen molar-refractivity contribution >= 4 is 18.5 Å². The second-order valence-corrected chi connectivity index (χ2v) is 2.64. The lowest BCUT2D eigenvalue weighted by Crippen LogP contribution is -1.93. The van der Waals surface area contributed by atoms with Gasteiger partial charge < -0.3 is 0 Å². The van der Waals surface area contributed by atoms with E-state index in [9.17, 15) is 0 Å². The molecule has 0 saturated heterocycles. The molecule has 1 aromatic carbocycles. The summed E-state index contributed by atoms with van der Waals surface area (Å²) >= 11 is 4.19. The second kappa shape index (κ2) is 2.02. The first-order valence-corrected chi connectivity index (χ1v) is 3.44. The lowest BCUT2D eigenvalue weighted by Gasteiger charge is -1.91. The Morgan fingerprint density at radius 1 is 1.40 bits per heavy atom. The van der Waals surface area contributed by atoms with E-state index >= 15 is 0 Å². The third-order valence-electron chi connectivity index (χ3n) is 1.34. The van der Waals surface area contributed by atoms with E-state index in [-0.39, 0.29) is 0 Å². The summed E-state index contributed by atoms with van der Waals surface area (Å²) < 4.78 is 0. The van der Waals surface area contributed by atoms with Gasteiger partial charge in [-0.25, -0.2) is 0 Å². The Kier molecular flexibility index (Phi) is 1.17. The zero-order valence-electron chi connectivity index (χ0n) is 5.20. The highest BCUT2D eigenvalue weighted by Crippen LogP contribution is 2.11. The minimum absolute atomic E-state index is 0.955. The van der Waals surface area contributed by atoms with E-state index in [1.807, 2.05) is 24.3 Å². The Bertz CT molecular complexity index is 293. The Labute approximate surface area is 64.4 Å². The largest absolute Gasteiger partial charge is 0.257 e. The molecule has 0 aliphatic carbocycles. The predicted molar refractivity (Wildman–Crippen MR) is 43.4 cm³/mol. The number of hydrogen-bond donors (Lipinski definition) is 2. The van der Waals surface area contributed by atoms with Crippen molar-refractivity contribution in [1.29, 1.82) is 0 Å². The number of thiol groups is 1. The van der Waals surface area contributed by atoms with E-state index in [1.54, 1.807) is 0 Å². The van der Waals surface area contributed by atoms with Gasteiger partial charge in [-0.15, -0.1) is 12.6 Å². The summed E-state index contributed by atoms with van der Waals surface area (Å²) in [6.45, 7) is 0. The smallest absolute Gasteiger partial charge is 0.173 e. The maximum Gasteiger partial charge on any atom is 0.173 e. The molecule has 1 aliphatic rings. The standard InChI is InChI=1S/C7H6N2S/c10-6-3-1-2-5(4-6)7-8-9-7/h1-4,10H,(H,8,9). The molecule has 0 fully saturated rings. The predicted octanol–water partition coefficient (Wildman–Crippen LogP) is 1.24. The summed E-state index contributed by atoms with van der Waals surface area (Å²) in [5.41, 5.74) is 3.89. The van der Waals surface area contributed by atoms with Gasteiger partial charge in [0.15, 0.2) is 5.84 Å². The molecule has 10 heavy (non-hydrogen) atoms. The van der Waals surface area contributed by atoms with Crippen LogP contribution in [0.5, 0.6) is 0 Å². The van der Waals surface area contributed by atoms with E-state index in [0.717, 1.165) is 16.3 Å². The molecule has 0 radical (unpaired) electrons. The van der Waals surface area contributed by atoms with E-state index < -0.39 is 0 Å². The van der Waals surface area contributed by atoms with Crippen LogP contribution in [0, 0.1) is 0 Å². The van der Waals surface area contributed by atoms with Crippen molar-refractivity contribution in [2.24, 2.45) is 5.10 Å². The van der Waals surface area contributed by atoms with Gasteiger partial charge in [0.1, 0.15) is 0 Å². The van der Waals surface area contributed by atoms with Crippen molar-refractivity contribution in [3.8, 4) is 0 Å². The van der Waals surface area contributed by atoms with Crippen molar-refractivity contribution in [3.05, 3.63) is 29.8 Å². The van der Waals surface area contributed by atoms with Crippen LogP contribution in [0.1, 0.15) is 5.56 Å². The lowest BCUT2D eigenvalue weighted by molar-refractivity contribution is 1.26. The minimum Gasteiger partial charge on any atom is -0.257 e. The van der Waals surface area contributed by atoms with Crippen LogP contribution in [-0.2, 0) is 0 Å². The number of benzene rings is 1. The maximum atomic E-state index is 4.19. The number of amidine groups is 1. The highest BCUT2D eigenvalue weighted by atomic mass is 32.1. The van der Waals surface area contributed by atoms with Crippen molar-refractivity contribution in [2.75, 3.05) is 0 Å². The summed E-state index contributed by atoms with van der Waals surface area (Å²) in [5.74, 6) is 0.955. The number of rotatable bonds is 1. The molecule has 2 nitrogen and oxygen atoms in total. The average Bonchev–Trinajstić information content (AvgIpc) is 2.68. The van der Waals surface area contributed by atoms with Crippen LogP contribution in [0.3, 0.4) is 0 Å². The Hall–Kier alpha value is -0.960. The fourth-order valence-corrected chi connectivity index (χ4v) is 1.04. The molecular weight excluding hydrogens is 144 g/mol. The first-order chi connectivity index (χ1) is 4.86. The Balaban J connectivity index is 2.42. The SMILES string of the molecule is Sc1cccc(C2=NN2)c1. The Morgan fingerprint density at radius 2 is 2.20 bits per heavy atom. The van der Waals surface area contributed by atoms with Gasteiger partial charge in [-0.3, -0.25) is 5.43 Å². The molecule has 0 bridgehead atoms. The third-order valence-corrected chi connectivity index (χ3v) is 1.62. The molecule has 1 heterocycles. The van der Waals surface area contributed by atoms with Gasteiger partial charge in [-0.05, 0) is 12.1 Å². The lowest BCUT2D eigenvalue weighted by atomic mass is 10.2. The fraction of sp³-hybridized carbons (Fsp3) is 0. The van der Waals surface area contributed by atoms with Crippen molar-refractivity contribution in [3.63, 3.8) is 0 Å². The summed E-state index contributed by atoms with van der Waals surface area (Å²) in [5, 5.41) is 3.85. The normalized spacial score (nSPS) is 13.9. The van der Waals surface area contributed by atoms with Crippen LogP contribution in [-0.4, -0.2) is 5.84 Å². The van der Waals surface area contributed by atoms with E-state index in [2.05, 4.69) is 23.2 Å². The molecule has 0 atom stereocenters. The van der Waals surface area contributed by atoms with Gasteiger partial charge in [-0.2, -0.15) is 5.10 Å².